The maximum absolute atomic E-state index is 12.7. The SMILES string of the molecule is O=C(Nc1ccc(Cl)c([N+](=O)[O-])c1)c1ccccc1OCC(=O)N1CCCCCC1. The van der Waals surface area contributed by atoms with E-state index in [4.69, 9.17) is 16.3 Å². The minimum Gasteiger partial charge on any atom is -0.483 e. The average Bonchev–Trinajstić information content (AvgIpc) is 3.03. The normalized spacial score (nSPS) is 14.0. The van der Waals surface area contributed by atoms with Crippen LogP contribution in [0.1, 0.15) is 36.0 Å². The molecule has 3 rings (SSSR count). The van der Waals surface area contributed by atoms with Crippen molar-refractivity contribution in [3.8, 4) is 5.75 Å². The second kappa shape index (κ2) is 10.1. The van der Waals surface area contributed by atoms with Gasteiger partial charge in [0.05, 0.1) is 10.5 Å². The zero-order valence-corrected chi connectivity index (χ0v) is 17.1. The van der Waals surface area contributed by atoms with E-state index in [1.54, 1.807) is 29.2 Å². The van der Waals surface area contributed by atoms with E-state index in [9.17, 15) is 19.7 Å². The zero-order chi connectivity index (χ0) is 21.5. The van der Waals surface area contributed by atoms with Crippen molar-refractivity contribution < 1.29 is 19.2 Å². The molecular weight excluding hydrogens is 410 g/mol. The van der Waals surface area contributed by atoms with Crippen molar-refractivity contribution >= 4 is 34.8 Å². The number of anilines is 1. The minimum atomic E-state index is -0.622. The largest absolute Gasteiger partial charge is 0.483 e. The molecule has 158 valence electrons. The number of ether oxygens (including phenoxy) is 1. The number of para-hydroxylation sites is 1. The van der Waals surface area contributed by atoms with Gasteiger partial charge in [0.1, 0.15) is 10.8 Å². The Kier molecular flexibility index (Phi) is 7.24. The first kappa shape index (κ1) is 21.6. The molecule has 1 saturated heterocycles. The lowest BCUT2D eigenvalue weighted by atomic mass is 10.1. The number of benzene rings is 2. The molecule has 1 N–H and O–H groups in total. The Bertz CT molecular complexity index is 942. The van der Waals surface area contributed by atoms with E-state index in [2.05, 4.69) is 5.32 Å². The van der Waals surface area contributed by atoms with Crippen molar-refractivity contribution in [3.63, 3.8) is 0 Å². The highest BCUT2D eigenvalue weighted by Crippen LogP contribution is 2.28. The third-order valence-corrected chi connectivity index (χ3v) is 5.16. The molecular formula is C21H22ClN3O5. The van der Waals surface area contributed by atoms with Crippen LogP contribution in [0.2, 0.25) is 5.02 Å². The molecule has 0 saturated carbocycles. The van der Waals surface area contributed by atoms with Gasteiger partial charge in [-0.3, -0.25) is 19.7 Å². The topological polar surface area (TPSA) is 102 Å². The molecule has 0 aromatic heterocycles. The van der Waals surface area contributed by atoms with Crippen LogP contribution in [0.5, 0.6) is 5.75 Å². The highest BCUT2D eigenvalue weighted by molar-refractivity contribution is 6.32. The van der Waals surface area contributed by atoms with Crippen LogP contribution in [0.25, 0.3) is 0 Å². The van der Waals surface area contributed by atoms with E-state index in [0.717, 1.165) is 38.8 Å². The third kappa shape index (κ3) is 5.48. The number of nitrogens with one attached hydrogen (secondary N) is 1. The summed E-state index contributed by atoms with van der Waals surface area (Å²) in [5.41, 5.74) is 0.146. The van der Waals surface area contributed by atoms with E-state index < -0.39 is 10.8 Å². The summed E-state index contributed by atoms with van der Waals surface area (Å²) in [5, 5.41) is 13.6. The van der Waals surface area contributed by atoms with E-state index in [1.807, 2.05) is 0 Å². The molecule has 8 nitrogen and oxygen atoms in total. The Morgan fingerprint density at radius 1 is 1.10 bits per heavy atom. The van der Waals surface area contributed by atoms with Crippen molar-refractivity contribution in [2.75, 3.05) is 25.0 Å². The monoisotopic (exact) mass is 431 g/mol. The predicted octanol–water partition coefficient (Wildman–Crippen LogP) is 4.28. The number of likely N-dealkylation sites (tertiary alicyclic amines) is 1. The Hall–Kier alpha value is -3.13. The second-order valence-corrected chi connectivity index (χ2v) is 7.36. The van der Waals surface area contributed by atoms with E-state index in [1.165, 1.54) is 18.2 Å². The molecule has 2 aromatic rings. The van der Waals surface area contributed by atoms with Gasteiger partial charge in [0.2, 0.25) is 0 Å². The highest BCUT2D eigenvalue weighted by Gasteiger charge is 2.19. The van der Waals surface area contributed by atoms with E-state index in [0.29, 0.717) is 0 Å². The van der Waals surface area contributed by atoms with Crippen LogP contribution in [0.15, 0.2) is 42.5 Å². The summed E-state index contributed by atoms with van der Waals surface area (Å²) in [6, 6.07) is 10.5. The quantitative estimate of drug-likeness (QED) is 0.543. The molecule has 2 amide bonds. The lowest BCUT2D eigenvalue weighted by Gasteiger charge is -2.20. The number of hydrogen-bond donors (Lipinski definition) is 1. The third-order valence-electron chi connectivity index (χ3n) is 4.84. The Morgan fingerprint density at radius 3 is 2.50 bits per heavy atom. The molecule has 2 aromatic carbocycles. The molecule has 0 bridgehead atoms. The number of amides is 2. The number of hydrogen-bond acceptors (Lipinski definition) is 5. The van der Waals surface area contributed by atoms with Crippen LogP contribution in [-0.2, 0) is 4.79 Å². The molecule has 0 spiro atoms. The van der Waals surface area contributed by atoms with Crippen molar-refractivity contribution in [3.05, 3.63) is 63.2 Å². The summed E-state index contributed by atoms with van der Waals surface area (Å²) in [5.74, 6) is -0.355. The number of nitro benzene ring substituents is 1. The van der Waals surface area contributed by atoms with Crippen LogP contribution in [-0.4, -0.2) is 41.3 Å². The number of nitrogens with zero attached hydrogens (tertiary/aromatic N) is 2. The molecule has 9 heteroatoms. The Balaban J connectivity index is 1.68. The summed E-state index contributed by atoms with van der Waals surface area (Å²) in [6.45, 7) is 1.29. The molecule has 1 fully saturated rings. The van der Waals surface area contributed by atoms with Gasteiger partial charge in [0.25, 0.3) is 17.5 Å². The van der Waals surface area contributed by atoms with Gasteiger partial charge in [0, 0.05) is 24.8 Å². The van der Waals surface area contributed by atoms with Crippen LogP contribution >= 0.6 is 11.6 Å². The molecule has 1 heterocycles. The molecule has 1 aliphatic heterocycles. The van der Waals surface area contributed by atoms with E-state index >= 15 is 0 Å². The van der Waals surface area contributed by atoms with Crippen molar-refractivity contribution in [2.45, 2.75) is 25.7 Å². The van der Waals surface area contributed by atoms with Gasteiger partial charge in [-0.1, -0.05) is 36.6 Å². The van der Waals surface area contributed by atoms with Gasteiger partial charge in [-0.15, -0.1) is 0 Å². The molecule has 0 radical (unpaired) electrons. The molecule has 0 aliphatic carbocycles. The van der Waals surface area contributed by atoms with Crippen molar-refractivity contribution in [1.82, 2.24) is 4.90 Å². The van der Waals surface area contributed by atoms with Gasteiger partial charge in [-0.05, 0) is 37.1 Å². The average molecular weight is 432 g/mol. The van der Waals surface area contributed by atoms with Crippen LogP contribution in [0.4, 0.5) is 11.4 Å². The number of rotatable bonds is 6. The number of carbonyl (C=O) groups excluding carboxylic acids is 2. The maximum atomic E-state index is 12.7. The van der Waals surface area contributed by atoms with Crippen LogP contribution in [0.3, 0.4) is 0 Å². The molecule has 1 aliphatic rings. The minimum absolute atomic E-state index is 0.0197. The van der Waals surface area contributed by atoms with Crippen molar-refractivity contribution in [1.29, 1.82) is 0 Å². The van der Waals surface area contributed by atoms with Crippen LogP contribution < -0.4 is 10.1 Å². The first-order valence-electron chi connectivity index (χ1n) is 9.70. The number of nitro groups is 1. The molecule has 0 atom stereocenters. The number of carbonyl (C=O) groups is 2. The highest BCUT2D eigenvalue weighted by atomic mass is 35.5. The molecule has 0 unspecified atom stereocenters. The Morgan fingerprint density at radius 2 is 1.80 bits per heavy atom. The maximum Gasteiger partial charge on any atom is 0.289 e. The van der Waals surface area contributed by atoms with Gasteiger partial charge in [-0.25, -0.2) is 0 Å². The first-order chi connectivity index (χ1) is 14.5. The fourth-order valence-corrected chi connectivity index (χ4v) is 3.45. The smallest absolute Gasteiger partial charge is 0.289 e. The summed E-state index contributed by atoms with van der Waals surface area (Å²) in [6.07, 6.45) is 4.21. The van der Waals surface area contributed by atoms with E-state index in [-0.39, 0.29) is 40.2 Å². The fraction of sp³-hybridized carbons (Fsp3) is 0.333. The summed E-state index contributed by atoms with van der Waals surface area (Å²) < 4.78 is 5.65. The van der Waals surface area contributed by atoms with Gasteiger partial charge in [0.15, 0.2) is 6.61 Å². The van der Waals surface area contributed by atoms with Gasteiger partial charge >= 0.3 is 0 Å². The van der Waals surface area contributed by atoms with Crippen molar-refractivity contribution in [2.24, 2.45) is 0 Å². The summed E-state index contributed by atoms with van der Waals surface area (Å²) in [4.78, 5) is 37.4. The summed E-state index contributed by atoms with van der Waals surface area (Å²) in [7, 11) is 0. The number of halogens is 1. The lowest BCUT2D eigenvalue weighted by molar-refractivity contribution is -0.384. The first-order valence-corrected chi connectivity index (χ1v) is 10.1. The Labute approximate surface area is 178 Å². The van der Waals surface area contributed by atoms with Gasteiger partial charge in [-0.2, -0.15) is 0 Å². The standard InChI is InChI=1S/C21H22ClN3O5/c22-17-10-9-15(13-18(17)25(28)29)23-21(27)16-7-3-4-8-19(16)30-14-20(26)24-11-5-1-2-6-12-24/h3-4,7-10,13H,1-2,5-6,11-12,14H2,(H,23,27). The fourth-order valence-electron chi connectivity index (χ4n) is 3.26. The predicted molar refractivity (Wildman–Crippen MR) is 113 cm³/mol. The van der Waals surface area contributed by atoms with Gasteiger partial charge < -0.3 is 15.0 Å². The lowest BCUT2D eigenvalue weighted by Crippen LogP contribution is -2.35. The molecule has 30 heavy (non-hydrogen) atoms. The summed E-state index contributed by atoms with van der Waals surface area (Å²) >= 11 is 5.80. The zero-order valence-electron chi connectivity index (χ0n) is 16.3. The second-order valence-electron chi connectivity index (χ2n) is 6.96. The van der Waals surface area contributed by atoms with Crippen LogP contribution in [0, 0.1) is 10.1 Å².